The zero-order valence-electron chi connectivity index (χ0n) is 8.29. The predicted octanol–water partition coefficient (Wildman–Crippen LogP) is 1.16. The van der Waals surface area contributed by atoms with E-state index < -0.39 is 5.97 Å². The lowest BCUT2D eigenvalue weighted by Gasteiger charge is -1.91. The second-order valence-electron chi connectivity index (χ2n) is 3.20. The van der Waals surface area contributed by atoms with E-state index in [0.29, 0.717) is 12.8 Å². The summed E-state index contributed by atoms with van der Waals surface area (Å²) in [6.07, 6.45) is 3.33. The van der Waals surface area contributed by atoms with Crippen molar-refractivity contribution in [3.8, 4) is 0 Å². The summed E-state index contributed by atoms with van der Waals surface area (Å²) in [6.45, 7) is 2.08. The molecular weight excluding hydrogens is 182 g/mol. The van der Waals surface area contributed by atoms with Gasteiger partial charge in [-0.3, -0.25) is 9.89 Å². The van der Waals surface area contributed by atoms with Crippen LogP contribution in [0.5, 0.6) is 0 Å². The van der Waals surface area contributed by atoms with Gasteiger partial charge in [-0.15, -0.1) is 0 Å². The second-order valence-corrected chi connectivity index (χ2v) is 3.20. The molecule has 0 aliphatic heterocycles. The molecule has 0 fully saturated rings. The Morgan fingerprint density at radius 2 is 2.29 bits per heavy atom. The lowest BCUT2D eigenvalue weighted by atomic mass is 10.2. The molecule has 5 heteroatoms. The van der Waals surface area contributed by atoms with Crippen LogP contribution in [-0.4, -0.2) is 26.3 Å². The van der Waals surface area contributed by atoms with Crippen LogP contribution in [0.3, 0.4) is 0 Å². The first-order valence-electron chi connectivity index (χ1n) is 4.84. The largest absolute Gasteiger partial charge is 0.481 e. The molecule has 0 unspecified atom stereocenters. The number of aliphatic carboxylic acids is 1. The van der Waals surface area contributed by atoms with Gasteiger partial charge >= 0.3 is 5.97 Å². The van der Waals surface area contributed by atoms with Crippen molar-refractivity contribution in [3.63, 3.8) is 0 Å². The zero-order valence-corrected chi connectivity index (χ0v) is 8.29. The number of hydrogen-bond donors (Lipinski definition) is 2. The Kier molecular flexibility index (Phi) is 4.10. The van der Waals surface area contributed by atoms with Crippen molar-refractivity contribution < 1.29 is 9.90 Å². The topological polar surface area (TPSA) is 78.9 Å². The van der Waals surface area contributed by atoms with E-state index in [-0.39, 0.29) is 6.42 Å². The van der Waals surface area contributed by atoms with E-state index in [1.807, 2.05) is 0 Å². The maximum atomic E-state index is 10.2. The summed E-state index contributed by atoms with van der Waals surface area (Å²) in [4.78, 5) is 14.5. The highest BCUT2D eigenvalue weighted by Crippen LogP contribution is 2.01. The van der Waals surface area contributed by atoms with Gasteiger partial charge in [0, 0.05) is 19.3 Å². The maximum Gasteiger partial charge on any atom is 0.303 e. The van der Waals surface area contributed by atoms with Crippen LogP contribution in [0.2, 0.25) is 0 Å². The molecule has 1 aromatic rings. The van der Waals surface area contributed by atoms with Crippen molar-refractivity contribution in [3.05, 3.63) is 11.6 Å². The van der Waals surface area contributed by atoms with Crippen LogP contribution in [-0.2, 0) is 17.6 Å². The fraction of sp³-hybridized carbons (Fsp3) is 0.667. The van der Waals surface area contributed by atoms with E-state index in [1.54, 1.807) is 0 Å². The summed E-state index contributed by atoms with van der Waals surface area (Å²) in [5.41, 5.74) is 0. The summed E-state index contributed by atoms with van der Waals surface area (Å²) in [5.74, 6) is 0.835. The first-order valence-corrected chi connectivity index (χ1v) is 4.84. The van der Waals surface area contributed by atoms with Crippen LogP contribution >= 0.6 is 0 Å². The number of nitrogens with one attached hydrogen (secondary N) is 1. The Hall–Kier alpha value is -1.39. The van der Waals surface area contributed by atoms with Crippen molar-refractivity contribution >= 4 is 5.97 Å². The summed E-state index contributed by atoms with van der Waals surface area (Å²) in [6, 6.07) is 0. The Bertz CT molecular complexity index is 296. The lowest BCUT2D eigenvalue weighted by molar-refractivity contribution is -0.137. The second kappa shape index (κ2) is 5.36. The van der Waals surface area contributed by atoms with Gasteiger partial charge in [0.15, 0.2) is 5.82 Å². The smallest absolute Gasteiger partial charge is 0.303 e. The number of carboxylic acids is 1. The number of carboxylic acid groups (broad SMARTS) is 1. The molecule has 1 aromatic heterocycles. The molecule has 0 radical (unpaired) electrons. The summed E-state index contributed by atoms with van der Waals surface area (Å²) < 4.78 is 0. The quantitative estimate of drug-likeness (QED) is 0.717. The number of nitrogens with zero attached hydrogens (tertiary/aromatic N) is 2. The summed E-state index contributed by atoms with van der Waals surface area (Å²) in [5, 5.41) is 15.3. The molecule has 0 bridgehead atoms. The van der Waals surface area contributed by atoms with Crippen LogP contribution in [0, 0.1) is 0 Å². The van der Waals surface area contributed by atoms with Gasteiger partial charge in [0.1, 0.15) is 5.82 Å². The Labute approximate surface area is 82.6 Å². The molecular formula is C9H15N3O2. The van der Waals surface area contributed by atoms with Crippen molar-refractivity contribution in [1.29, 1.82) is 0 Å². The third-order valence-corrected chi connectivity index (χ3v) is 1.86. The molecule has 1 rings (SSSR count). The normalized spacial score (nSPS) is 10.4. The third-order valence-electron chi connectivity index (χ3n) is 1.86. The Morgan fingerprint density at radius 1 is 1.50 bits per heavy atom. The molecule has 0 aliphatic rings. The molecule has 0 saturated carbocycles. The molecule has 0 spiro atoms. The molecule has 0 aromatic carbocycles. The van der Waals surface area contributed by atoms with Gasteiger partial charge in [0.2, 0.25) is 0 Å². The fourth-order valence-electron chi connectivity index (χ4n) is 1.19. The number of aromatic amines is 1. The van der Waals surface area contributed by atoms with Crippen molar-refractivity contribution in [2.24, 2.45) is 0 Å². The van der Waals surface area contributed by atoms with Gasteiger partial charge in [0.25, 0.3) is 0 Å². The first kappa shape index (κ1) is 10.7. The number of hydrogen-bond acceptors (Lipinski definition) is 3. The van der Waals surface area contributed by atoms with E-state index in [1.165, 1.54) is 0 Å². The van der Waals surface area contributed by atoms with Gasteiger partial charge in [-0.2, -0.15) is 5.10 Å². The molecule has 14 heavy (non-hydrogen) atoms. The van der Waals surface area contributed by atoms with Crippen molar-refractivity contribution in [2.45, 2.75) is 39.0 Å². The van der Waals surface area contributed by atoms with Crippen molar-refractivity contribution in [1.82, 2.24) is 15.2 Å². The minimum Gasteiger partial charge on any atom is -0.481 e. The molecule has 2 N–H and O–H groups in total. The minimum atomic E-state index is -0.769. The maximum absolute atomic E-state index is 10.2. The molecule has 78 valence electrons. The molecule has 5 nitrogen and oxygen atoms in total. The van der Waals surface area contributed by atoms with E-state index in [2.05, 4.69) is 22.1 Å². The fourth-order valence-corrected chi connectivity index (χ4v) is 1.19. The number of carbonyl (C=O) groups is 1. The van der Waals surface area contributed by atoms with E-state index >= 15 is 0 Å². The van der Waals surface area contributed by atoms with E-state index in [9.17, 15) is 4.79 Å². The number of H-pyrrole nitrogens is 1. The van der Waals surface area contributed by atoms with Crippen LogP contribution in [0.15, 0.2) is 0 Å². The molecule has 0 amide bonds. The van der Waals surface area contributed by atoms with Gasteiger partial charge in [0.05, 0.1) is 0 Å². The monoisotopic (exact) mass is 197 g/mol. The molecule has 0 atom stereocenters. The summed E-state index contributed by atoms with van der Waals surface area (Å²) in [7, 11) is 0. The van der Waals surface area contributed by atoms with E-state index in [4.69, 9.17) is 5.11 Å². The highest BCUT2D eigenvalue weighted by Gasteiger charge is 2.03. The van der Waals surface area contributed by atoms with Gasteiger partial charge in [-0.25, -0.2) is 4.98 Å². The number of aryl methyl sites for hydroxylation is 2. The average Bonchev–Trinajstić information content (AvgIpc) is 2.53. The first-order chi connectivity index (χ1) is 6.72. The standard InChI is InChI=1S/C9H15N3O2/c1-2-4-7-10-8(12-11-7)5-3-6-9(13)14/h2-6H2,1H3,(H,13,14)(H,10,11,12). The zero-order chi connectivity index (χ0) is 10.4. The van der Waals surface area contributed by atoms with E-state index in [0.717, 1.165) is 24.5 Å². The van der Waals surface area contributed by atoms with Gasteiger partial charge < -0.3 is 5.11 Å². The highest BCUT2D eigenvalue weighted by atomic mass is 16.4. The molecule has 0 aliphatic carbocycles. The van der Waals surface area contributed by atoms with Crippen LogP contribution in [0.1, 0.15) is 37.8 Å². The van der Waals surface area contributed by atoms with Gasteiger partial charge in [-0.1, -0.05) is 6.92 Å². The predicted molar refractivity (Wildman–Crippen MR) is 51.0 cm³/mol. The molecule has 1 heterocycles. The third kappa shape index (κ3) is 3.55. The van der Waals surface area contributed by atoms with Crippen molar-refractivity contribution in [2.75, 3.05) is 0 Å². The minimum absolute atomic E-state index is 0.178. The SMILES string of the molecule is CCCc1nc(CCCC(=O)O)n[nH]1. The lowest BCUT2D eigenvalue weighted by Crippen LogP contribution is -1.97. The average molecular weight is 197 g/mol. The number of aromatic nitrogens is 3. The van der Waals surface area contributed by atoms with Crippen LogP contribution in [0.4, 0.5) is 0 Å². The number of rotatable bonds is 6. The Balaban J connectivity index is 2.32. The summed E-state index contributed by atoms with van der Waals surface area (Å²) >= 11 is 0. The van der Waals surface area contributed by atoms with Gasteiger partial charge in [-0.05, 0) is 12.8 Å². The highest BCUT2D eigenvalue weighted by molar-refractivity contribution is 5.66. The van der Waals surface area contributed by atoms with Crippen LogP contribution in [0.25, 0.3) is 0 Å². The molecule has 0 saturated heterocycles. The van der Waals surface area contributed by atoms with Crippen LogP contribution < -0.4 is 0 Å². The Morgan fingerprint density at radius 3 is 2.93 bits per heavy atom.